The summed E-state index contributed by atoms with van der Waals surface area (Å²) in [5, 5.41) is 18.7. The molecule has 4 atom stereocenters. The van der Waals surface area contributed by atoms with Crippen LogP contribution in [0.15, 0.2) is 46.1 Å². The lowest BCUT2D eigenvalue weighted by Crippen LogP contribution is -2.44. The molecule has 7 heteroatoms. The van der Waals surface area contributed by atoms with Crippen molar-refractivity contribution in [2.75, 3.05) is 6.54 Å². The fourth-order valence-electron chi connectivity index (χ4n) is 4.51. The van der Waals surface area contributed by atoms with E-state index < -0.39 is 17.6 Å². The van der Waals surface area contributed by atoms with Crippen molar-refractivity contribution in [1.82, 2.24) is 10.1 Å². The summed E-state index contributed by atoms with van der Waals surface area (Å²) in [5.41, 5.74) is 2.01. The maximum Gasteiger partial charge on any atom is 0.234 e. The Hall–Kier alpha value is -2.67. The monoisotopic (exact) mass is 411 g/mol. The van der Waals surface area contributed by atoms with Gasteiger partial charge in [0.1, 0.15) is 11.7 Å². The number of carbonyl (C=O) groups excluding carboxylic acids is 1. The van der Waals surface area contributed by atoms with Crippen molar-refractivity contribution in [2.45, 2.75) is 64.2 Å². The van der Waals surface area contributed by atoms with E-state index in [9.17, 15) is 9.90 Å². The van der Waals surface area contributed by atoms with Gasteiger partial charge in [-0.3, -0.25) is 4.79 Å². The molecule has 30 heavy (non-hydrogen) atoms. The molecule has 1 aromatic carbocycles. The van der Waals surface area contributed by atoms with Gasteiger partial charge in [-0.1, -0.05) is 54.5 Å². The minimum Gasteiger partial charge on any atom is -0.391 e. The third kappa shape index (κ3) is 3.74. The summed E-state index contributed by atoms with van der Waals surface area (Å²) < 4.78 is 5.43. The molecule has 0 unspecified atom stereocenters. The summed E-state index contributed by atoms with van der Waals surface area (Å²) >= 11 is 0. The second kappa shape index (κ2) is 7.87. The molecule has 4 rings (SSSR count). The van der Waals surface area contributed by atoms with Gasteiger partial charge in [-0.25, -0.2) is 0 Å². The molecule has 7 nitrogen and oxygen atoms in total. The van der Waals surface area contributed by atoms with Crippen molar-refractivity contribution in [3.63, 3.8) is 0 Å². The van der Waals surface area contributed by atoms with Crippen LogP contribution >= 0.6 is 0 Å². The molecule has 1 fully saturated rings. The molecule has 0 aliphatic carbocycles. The molecule has 0 spiro atoms. The Balaban J connectivity index is 1.57. The summed E-state index contributed by atoms with van der Waals surface area (Å²) in [5.74, 6) is 0.0621. The Morgan fingerprint density at radius 1 is 1.30 bits per heavy atom. The Morgan fingerprint density at radius 2 is 2.03 bits per heavy atom. The Morgan fingerprint density at radius 3 is 2.67 bits per heavy atom. The lowest BCUT2D eigenvalue weighted by atomic mass is 9.87. The highest BCUT2D eigenvalue weighted by atomic mass is 16.7. The zero-order chi connectivity index (χ0) is 21.5. The first kappa shape index (κ1) is 20.6. The van der Waals surface area contributed by atoms with Crippen LogP contribution in [0.3, 0.4) is 0 Å². The zero-order valence-electron chi connectivity index (χ0n) is 17.9. The van der Waals surface area contributed by atoms with E-state index >= 15 is 0 Å². The van der Waals surface area contributed by atoms with Gasteiger partial charge >= 0.3 is 0 Å². The van der Waals surface area contributed by atoms with Crippen LogP contribution in [-0.4, -0.2) is 45.5 Å². The molecule has 1 saturated heterocycles. The van der Waals surface area contributed by atoms with Gasteiger partial charge in [-0.2, -0.15) is 0 Å². The number of hydrogen-bond donors (Lipinski definition) is 1. The number of benzene rings is 1. The fourth-order valence-corrected chi connectivity index (χ4v) is 4.51. The Labute approximate surface area is 176 Å². The predicted octanol–water partition coefficient (Wildman–Crippen LogP) is 3.38. The highest BCUT2D eigenvalue weighted by molar-refractivity contribution is 5.96. The van der Waals surface area contributed by atoms with Gasteiger partial charge in [0.15, 0.2) is 5.60 Å². The van der Waals surface area contributed by atoms with E-state index in [-0.39, 0.29) is 24.4 Å². The number of carbonyl (C=O) groups is 1. The normalized spacial score (nSPS) is 27.3. The van der Waals surface area contributed by atoms with Crippen LogP contribution in [0.1, 0.15) is 56.5 Å². The van der Waals surface area contributed by atoms with E-state index in [0.29, 0.717) is 18.6 Å². The van der Waals surface area contributed by atoms with Gasteiger partial charge in [-0.15, -0.1) is 0 Å². The third-order valence-electron chi connectivity index (χ3n) is 6.10. The molecule has 2 aromatic rings. The average molecular weight is 412 g/mol. The Kier molecular flexibility index (Phi) is 5.40. The number of oxime groups is 1. The topological polar surface area (TPSA) is 88.2 Å². The molecule has 1 amide bonds. The summed E-state index contributed by atoms with van der Waals surface area (Å²) in [6, 6.07) is 11.5. The first-order valence-corrected chi connectivity index (χ1v) is 10.5. The van der Waals surface area contributed by atoms with E-state index in [4.69, 9.17) is 9.36 Å². The molecule has 1 N–H and O–H groups in total. The number of β-amino-alcohol motifs (C(OH)–C–C–N with tert-alkyl or cyclic N) is 1. The summed E-state index contributed by atoms with van der Waals surface area (Å²) in [4.78, 5) is 21.2. The van der Waals surface area contributed by atoms with E-state index in [1.54, 1.807) is 4.90 Å². The number of rotatable bonds is 5. The molecule has 0 bridgehead atoms. The predicted molar refractivity (Wildman–Crippen MR) is 112 cm³/mol. The van der Waals surface area contributed by atoms with E-state index in [1.165, 1.54) is 0 Å². The van der Waals surface area contributed by atoms with Crippen molar-refractivity contribution in [2.24, 2.45) is 11.1 Å². The van der Waals surface area contributed by atoms with Crippen LogP contribution in [0.5, 0.6) is 0 Å². The fraction of sp³-hybridized carbons (Fsp3) is 0.522. The molecule has 3 heterocycles. The molecule has 0 radical (unpaired) electrons. The number of likely N-dealkylation sites (tertiary alicyclic amines) is 1. The number of aryl methyl sites for hydroxylation is 1. The second-order valence-electron chi connectivity index (χ2n) is 8.94. The number of nitrogens with zero attached hydrogens (tertiary/aromatic N) is 3. The summed E-state index contributed by atoms with van der Waals surface area (Å²) in [7, 11) is 0. The summed E-state index contributed by atoms with van der Waals surface area (Å²) in [6.07, 6.45) is 0.444. The lowest BCUT2D eigenvalue weighted by molar-refractivity contribution is -0.134. The van der Waals surface area contributed by atoms with Gasteiger partial charge in [0.2, 0.25) is 5.91 Å². The van der Waals surface area contributed by atoms with Crippen LogP contribution in [0.2, 0.25) is 0 Å². The van der Waals surface area contributed by atoms with E-state index in [2.05, 4.69) is 10.3 Å². The maximum atomic E-state index is 13.6. The number of aromatic nitrogens is 1. The molecule has 1 aromatic heterocycles. The second-order valence-corrected chi connectivity index (χ2v) is 8.94. The van der Waals surface area contributed by atoms with Crippen LogP contribution in [-0.2, 0) is 15.2 Å². The first-order valence-electron chi connectivity index (χ1n) is 10.5. The Bertz CT molecular complexity index is 939. The van der Waals surface area contributed by atoms with Crippen LogP contribution < -0.4 is 0 Å². The van der Waals surface area contributed by atoms with Gasteiger partial charge in [0.25, 0.3) is 0 Å². The van der Waals surface area contributed by atoms with Gasteiger partial charge in [0, 0.05) is 25.5 Å². The third-order valence-corrected chi connectivity index (χ3v) is 6.10. The van der Waals surface area contributed by atoms with E-state index in [0.717, 1.165) is 17.0 Å². The van der Waals surface area contributed by atoms with Crippen LogP contribution in [0, 0.1) is 12.8 Å². The maximum absolute atomic E-state index is 13.6. The van der Waals surface area contributed by atoms with Crippen molar-refractivity contribution < 1.29 is 19.3 Å². The smallest absolute Gasteiger partial charge is 0.234 e. The van der Waals surface area contributed by atoms with Crippen molar-refractivity contribution in [3.8, 4) is 0 Å². The highest BCUT2D eigenvalue weighted by Crippen LogP contribution is 2.38. The zero-order valence-corrected chi connectivity index (χ0v) is 17.9. The molecule has 2 aliphatic heterocycles. The van der Waals surface area contributed by atoms with Gasteiger partial charge < -0.3 is 19.4 Å². The molecular weight excluding hydrogens is 382 g/mol. The number of hydrogen-bond acceptors (Lipinski definition) is 6. The molecule has 2 aliphatic rings. The van der Waals surface area contributed by atoms with Crippen LogP contribution in [0.25, 0.3) is 0 Å². The van der Waals surface area contributed by atoms with Crippen LogP contribution in [0.4, 0.5) is 0 Å². The average Bonchev–Trinajstić information content (AvgIpc) is 3.41. The van der Waals surface area contributed by atoms with Gasteiger partial charge in [-0.05, 0) is 25.3 Å². The molecular formula is C23H29N3O4. The number of aliphatic hydroxyl groups excluding tert-OH is 1. The van der Waals surface area contributed by atoms with E-state index in [1.807, 2.05) is 64.1 Å². The van der Waals surface area contributed by atoms with Crippen molar-refractivity contribution in [1.29, 1.82) is 0 Å². The minimum atomic E-state index is -0.588. The SMILES string of the molecule is Cc1cc([C@H](C(=O)N2C[C@H](O)C[C@H]2C2=NO[C@](C)(c3ccccc3)C2)C(C)C)on1. The first-order chi connectivity index (χ1) is 14.3. The number of amides is 1. The quantitative estimate of drug-likeness (QED) is 0.815. The van der Waals surface area contributed by atoms with Crippen molar-refractivity contribution >= 4 is 11.6 Å². The van der Waals surface area contributed by atoms with Crippen molar-refractivity contribution in [3.05, 3.63) is 53.4 Å². The molecule has 0 saturated carbocycles. The molecule has 160 valence electrons. The summed E-state index contributed by atoms with van der Waals surface area (Å²) in [6.45, 7) is 8.10. The largest absolute Gasteiger partial charge is 0.391 e. The van der Waals surface area contributed by atoms with Gasteiger partial charge in [0.05, 0.1) is 23.6 Å². The minimum absolute atomic E-state index is 0.0274. The standard InChI is InChI=1S/C23H29N3O4/c1-14(2)21(20-10-15(3)24-29-20)22(28)26-13-17(27)11-19(26)18-12-23(4,30-25-18)16-8-6-5-7-9-16/h5-10,14,17,19,21,27H,11-13H2,1-4H3/t17-,19+,21-,23+/m1/s1. The lowest BCUT2D eigenvalue weighted by Gasteiger charge is -2.29. The highest BCUT2D eigenvalue weighted by Gasteiger charge is 2.46. The number of aliphatic hydroxyl groups is 1.